The van der Waals surface area contributed by atoms with Crippen LogP contribution in [-0.2, 0) is 0 Å². The molecule has 0 aliphatic carbocycles. The molecule has 0 radical (unpaired) electrons. The first kappa shape index (κ1) is 11.2. The highest BCUT2D eigenvalue weighted by Gasteiger charge is 2.11. The standard InChI is InChI=1S/C11H13BrO2/c1-7(2)11(13)8-4-9(12)6-10(5-8)14-3/h4-7H,1-3H3. The van der Waals surface area contributed by atoms with E-state index in [-0.39, 0.29) is 11.7 Å². The molecule has 0 N–H and O–H groups in total. The Bertz CT molecular complexity index is 345. The normalized spacial score (nSPS) is 10.4. The van der Waals surface area contributed by atoms with E-state index in [4.69, 9.17) is 4.74 Å². The molecule has 1 rings (SSSR count). The van der Waals surface area contributed by atoms with Gasteiger partial charge in [-0.15, -0.1) is 0 Å². The van der Waals surface area contributed by atoms with Gasteiger partial charge in [0, 0.05) is 16.0 Å². The summed E-state index contributed by atoms with van der Waals surface area (Å²) in [5.74, 6) is 0.835. The third-order valence-corrected chi connectivity index (χ3v) is 2.37. The van der Waals surface area contributed by atoms with Gasteiger partial charge in [0.1, 0.15) is 5.75 Å². The van der Waals surface area contributed by atoms with Crippen LogP contribution in [0.15, 0.2) is 22.7 Å². The number of ether oxygens (including phenoxy) is 1. The summed E-state index contributed by atoms with van der Waals surface area (Å²) in [5.41, 5.74) is 0.686. The van der Waals surface area contributed by atoms with E-state index in [2.05, 4.69) is 15.9 Å². The van der Waals surface area contributed by atoms with Gasteiger partial charge in [0.15, 0.2) is 5.78 Å². The zero-order chi connectivity index (χ0) is 10.7. The molecule has 0 fully saturated rings. The minimum absolute atomic E-state index is 0.00834. The lowest BCUT2D eigenvalue weighted by molar-refractivity contribution is 0.0939. The fourth-order valence-electron chi connectivity index (χ4n) is 1.16. The summed E-state index contributed by atoms with van der Waals surface area (Å²) in [7, 11) is 1.59. The number of Topliss-reactive ketones (excluding diaryl/α,β-unsaturated/α-hetero) is 1. The molecule has 76 valence electrons. The fourth-order valence-corrected chi connectivity index (χ4v) is 1.63. The van der Waals surface area contributed by atoms with E-state index in [0.29, 0.717) is 11.3 Å². The van der Waals surface area contributed by atoms with Crippen molar-refractivity contribution in [2.45, 2.75) is 13.8 Å². The molecule has 0 aliphatic heterocycles. The van der Waals surface area contributed by atoms with E-state index in [1.807, 2.05) is 26.0 Å². The van der Waals surface area contributed by atoms with Gasteiger partial charge in [-0.25, -0.2) is 0 Å². The van der Waals surface area contributed by atoms with Crippen LogP contribution in [0.4, 0.5) is 0 Å². The summed E-state index contributed by atoms with van der Waals surface area (Å²) in [5, 5.41) is 0. The Kier molecular flexibility index (Phi) is 3.69. The maximum atomic E-state index is 11.7. The van der Waals surface area contributed by atoms with E-state index < -0.39 is 0 Å². The molecule has 3 heteroatoms. The first-order valence-corrected chi connectivity index (χ1v) is 5.22. The third kappa shape index (κ3) is 2.58. The van der Waals surface area contributed by atoms with Crippen LogP contribution in [-0.4, -0.2) is 12.9 Å². The molecular weight excluding hydrogens is 244 g/mol. The van der Waals surface area contributed by atoms with E-state index >= 15 is 0 Å². The lowest BCUT2D eigenvalue weighted by atomic mass is 10.0. The second-order valence-electron chi connectivity index (χ2n) is 3.40. The van der Waals surface area contributed by atoms with Crippen LogP contribution in [0, 0.1) is 5.92 Å². The van der Waals surface area contributed by atoms with Gasteiger partial charge >= 0.3 is 0 Å². The zero-order valence-electron chi connectivity index (χ0n) is 8.50. The second-order valence-corrected chi connectivity index (χ2v) is 4.31. The van der Waals surface area contributed by atoms with Crippen molar-refractivity contribution in [1.82, 2.24) is 0 Å². The molecule has 0 bridgehead atoms. The summed E-state index contributed by atoms with van der Waals surface area (Å²) >= 11 is 3.34. The largest absolute Gasteiger partial charge is 0.497 e. The van der Waals surface area contributed by atoms with Crippen molar-refractivity contribution in [1.29, 1.82) is 0 Å². The van der Waals surface area contributed by atoms with Gasteiger partial charge in [0.2, 0.25) is 0 Å². The zero-order valence-corrected chi connectivity index (χ0v) is 10.1. The highest BCUT2D eigenvalue weighted by atomic mass is 79.9. The van der Waals surface area contributed by atoms with Crippen molar-refractivity contribution < 1.29 is 9.53 Å². The van der Waals surface area contributed by atoms with Crippen LogP contribution < -0.4 is 4.74 Å². The van der Waals surface area contributed by atoms with Crippen molar-refractivity contribution >= 4 is 21.7 Å². The first-order valence-electron chi connectivity index (χ1n) is 4.43. The van der Waals surface area contributed by atoms with Crippen LogP contribution in [0.1, 0.15) is 24.2 Å². The van der Waals surface area contributed by atoms with Crippen LogP contribution in [0.2, 0.25) is 0 Å². The number of ketones is 1. The Morgan fingerprint density at radius 2 is 2.00 bits per heavy atom. The number of benzene rings is 1. The SMILES string of the molecule is COc1cc(Br)cc(C(=O)C(C)C)c1. The first-order chi connectivity index (χ1) is 6.54. The van der Waals surface area contributed by atoms with E-state index in [1.165, 1.54) is 0 Å². The van der Waals surface area contributed by atoms with Crippen LogP contribution in [0.25, 0.3) is 0 Å². The Labute approximate surface area is 92.4 Å². The Morgan fingerprint density at radius 3 is 2.50 bits per heavy atom. The molecule has 1 aromatic carbocycles. The predicted molar refractivity (Wildman–Crippen MR) is 59.9 cm³/mol. The number of hydrogen-bond donors (Lipinski definition) is 0. The van der Waals surface area contributed by atoms with Gasteiger partial charge in [-0.3, -0.25) is 4.79 Å². The number of carbonyl (C=O) groups excluding carboxylic acids is 1. The van der Waals surface area contributed by atoms with Crippen LogP contribution >= 0.6 is 15.9 Å². The number of rotatable bonds is 3. The van der Waals surface area contributed by atoms with Gasteiger partial charge in [-0.05, 0) is 18.2 Å². The van der Waals surface area contributed by atoms with Crippen molar-refractivity contribution in [3.63, 3.8) is 0 Å². The second kappa shape index (κ2) is 4.60. The fraction of sp³-hybridized carbons (Fsp3) is 0.364. The van der Waals surface area contributed by atoms with E-state index in [1.54, 1.807) is 13.2 Å². The molecule has 0 saturated heterocycles. The monoisotopic (exact) mass is 256 g/mol. The quantitative estimate of drug-likeness (QED) is 0.776. The number of hydrogen-bond acceptors (Lipinski definition) is 2. The molecule has 0 atom stereocenters. The average molecular weight is 257 g/mol. The Morgan fingerprint density at radius 1 is 1.36 bits per heavy atom. The molecule has 0 aromatic heterocycles. The smallest absolute Gasteiger partial charge is 0.165 e. The van der Waals surface area contributed by atoms with Crippen LogP contribution in [0.3, 0.4) is 0 Å². The maximum absolute atomic E-state index is 11.7. The van der Waals surface area contributed by atoms with Crippen molar-refractivity contribution in [2.75, 3.05) is 7.11 Å². The highest BCUT2D eigenvalue weighted by molar-refractivity contribution is 9.10. The minimum Gasteiger partial charge on any atom is -0.497 e. The van der Waals surface area contributed by atoms with Gasteiger partial charge < -0.3 is 4.74 Å². The van der Waals surface area contributed by atoms with E-state index in [9.17, 15) is 4.79 Å². The average Bonchev–Trinajstić information content (AvgIpc) is 2.15. The Hall–Kier alpha value is -0.830. The summed E-state index contributed by atoms with van der Waals surface area (Å²) in [4.78, 5) is 11.7. The summed E-state index contributed by atoms with van der Waals surface area (Å²) in [6, 6.07) is 5.40. The molecule has 0 unspecified atom stereocenters. The lowest BCUT2D eigenvalue weighted by Gasteiger charge is -2.07. The minimum atomic E-state index is 0.00834. The van der Waals surface area contributed by atoms with Gasteiger partial charge in [-0.2, -0.15) is 0 Å². The molecule has 0 saturated carbocycles. The highest BCUT2D eigenvalue weighted by Crippen LogP contribution is 2.22. The lowest BCUT2D eigenvalue weighted by Crippen LogP contribution is -2.07. The number of methoxy groups -OCH3 is 1. The topological polar surface area (TPSA) is 26.3 Å². The molecule has 0 spiro atoms. The molecule has 14 heavy (non-hydrogen) atoms. The van der Waals surface area contributed by atoms with Crippen molar-refractivity contribution in [3.05, 3.63) is 28.2 Å². The third-order valence-electron chi connectivity index (χ3n) is 1.92. The Balaban J connectivity index is 3.09. The molecule has 1 aromatic rings. The van der Waals surface area contributed by atoms with Gasteiger partial charge in [0.05, 0.1) is 7.11 Å². The maximum Gasteiger partial charge on any atom is 0.165 e. The molecule has 0 aliphatic rings. The van der Waals surface area contributed by atoms with Crippen molar-refractivity contribution in [2.24, 2.45) is 5.92 Å². The van der Waals surface area contributed by atoms with Gasteiger partial charge in [0.25, 0.3) is 0 Å². The number of halogens is 1. The number of carbonyl (C=O) groups is 1. The van der Waals surface area contributed by atoms with Crippen molar-refractivity contribution in [3.8, 4) is 5.75 Å². The van der Waals surface area contributed by atoms with Crippen LogP contribution in [0.5, 0.6) is 5.75 Å². The van der Waals surface area contributed by atoms with Gasteiger partial charge in [-0.1, -0.05) is 29.8 Å². The molecular formula is C11H13BrO2. The van der Waals surface area contributed by atoms with E-state index in [0.717, 1.165) is 4.47 Å². The molecule has 0 heterocycles. The summed E-state index contributed by atoms with van der Waals surface area (Å²) in [6.45, 7) is 3.77. The summed E-state index contributed by atoms with van der Waals surface area (Å²) in [6.07, 6.45) is 0. The molecule has 0 amide bonds. The molecule has 2 nitrogen and oxygen atoms in total. The predicted octanol–water partition coefficient (Wildman–Crippen LogP) is 3.30. The summed E-state index contributed by atoms with van der Waals surface area (Å²) < 4.78 is 5.95.